The Balaban J connectivity index is 4.92. The second kappa shape index (κ2) is 8.26. The monoisotopic (exact) mass is 319 g/mol. The highest BCUT2D eigenvalue weighted by molar-refractivity contribution is 7.99. The van der Waals surface area contributed by atoms with Gasteiger partial charge in [0.2, 0.25) is 11.2 Å². The van der Waals surface area contributed by atoms with E-state index in [1.54, 1.807) is 40.9 Å². The van der Waals surface area contributed by atoms with Crippen molar-refractivity contribution in [2.75, 3.05) is 6.26 Å². The zero-order chi connectivity index (χ0) is 16.8. The number of ether oxygens (including phenoxy) is 2. The summed E-state index contributed by atoms with van der Waals surface area (Å²) in [6.07, 6.45) is 0.994. The molecule has 0 radical (unpaired) electrons. The number of Topliss-reactive ketones (excluding diaryl/α,β-unsaturated/α-hetero) is 1. The summed E-state index contributed by atoms with van der Waals surface area (Å²) in [6, 6.07) is -0.781. The van der Waals surface area contributed by atoms with E-state index in [0.717, 1.165) is 11.8 Å². The lowest BCUT2D eigenvalue weighted by Crippen LogP contribution is -2.49. The molecule has 1 amide bonds. The van der Waals surface area contributed by atoms with Gasteiger partial charge in [-0.3, -0.25) is 9.59 Å². The fourth-order valence-corrected chi connectivity index (χ4v) is 2.13. The van der Waals surface area contributed by atoms with Crippen LogP contribution in [0.3, 0.4) is 0 Å². The molecule has 0 aromatic rings. The van der Waals surface area contributed by atoms with Crippen LogP contribution < -0.4 is 5.32 Å². The summed E-state index contributed by atoms with van der Waals surface area (Å²) < 4.78 is 10.1. The third-order valence-corrected chi connectivity index (χ3v) is 3.12. The number of hydrogen-bond acceptors (Lipinski definition) is 6. The molecule has 2 atom stereocenters. The Morgan fingerprint density at radius 2 is 1.67 bits per heavy atom. The molecule has 0 aromatic heterocycles. The molecule has 0 bridgehead atoms. The van der Waals surface area contributed by atoms with Crippen molar-refractivity contribution < 1.29 is 23.9 Å². The van der Waals surface area contributed by atoms with Crippen LogP contribution in [0.25, 0.3) is 0 Å². The molecule has 6 nitrogen and oxygen atoms in total. The van der Waals surface area contributed by atoms with Crippen LogP contribution in [0.5, 0.6) is 0 Å². The molecular formula is C14H25NO5S. The van der Waals surface area contributed by atoms with Crippen LogP contribution in [0.2, 0.25) is 0 Å². The zero-order valence-corrected chi connectivity index (χ0v) is 14.5. The van der Waals surface area contributed by atoms with Gasteiger partial charge in [0.25, 0.3) is 0 Å². The topological polar surface area (TPSA) is 81.7 Å². The van der Waals surface area contributed by atoms with Gasteiger partial charge in [0.1, 0.15) is 5.60 Å². The Kier molecular flexibility index (Phi) is 7.78. The first kappa shape index (κ1) is 19.8. The normalized spacial score (nSPS) is 14.3. The summed E-state index contributed by atoms with van der Waals surface area (Å²) >= 11 is 1.11. The molecule has 7 heteroatoms. The van der Waals surface area contributed by atoms with Gasteiger partial charge in [-0.2, -0.15) is 0 Å². The first-order valence-electron chi connectivity index (χ1n) is 6.71. The molecule has 1 N–H and O–H groups in total. The van der Waals surface area contributed by atoms with Gasteiger partial charge in [-0.25, -0.2) is 4.79 Å². The summed E-state index contributed by atoms with van der Waals surface area (Å²) in [7, 11) is 0. The predicted molar refractivity (Wildman–Crippen MR) is 82.1 cm³/mol. The molecule has 21 heavy (non-hydrogen) atoms. The van der Waals surface area contributed by atoms with E-state index in [0.29, 0.717) is 0 Å². The van der Waals surface area contributed by atoms with Crippen LogP contribution in [0.4, 0.5) is 4.79 Å². The number of hydrogen-bond donors (Lipinski definition) is 1. The molecule has 0 aliphatic heterocycles. The average Bonchev–Trinajstić information content (AvgIpc) is 2.29. The summed E-state index contributed by atoms with van der Waals surface area (Å²) in [5.41, 5.74) is -1.59. The number of ketones is 1. The van der Waals surface area contributed by atoms with Crippen molar-refractivity contribution in [3.8, 4) is 0 Å². The molecule has 0 rings (SSSR count). The van der Waals surface area contributed by atoms with Gasteiger partial charge in [0.05, 0.1) is 6.04 Å². The van der Waals surface area contributed by atoms with Crippen LogP contribution in [0.15, 0.2) is 0 Å². The smallest absolute Gasteiger partial charge is 0.408 e. The van der Waals surface area contributed by atoms with Crippen LogP contribution in [0, 0.1) is 5.92 Å². The largest absolute Gasteiger partial charge is 0.444 e. The third kappa shape index (κ3) is 7.94. The van der Waals surface area contributed by atoms with E-state index in [-0.39, 0.29) is 11.7 Å². The molecular weight excluding hydrogens is 294 g/mol. The molecule has 2 unspecified atom stereocenters. The number of thioether (sulfide) groups is 1. The Morgan fingerprint density at radius 3 is 2.00 bits per heavy atom. The fourth-order valence-electron chi connectivity index (χ4n) is 1.52. The average molecular weight is 319 g/mol. The number of esters is 1. The summed E-state index contributed by atoms with van der Waals surface area (Å²) in [4.78, 5) is 35.2. The van der Waals surface area contributed by atoms with E-state index in [1.165, 1.54) is 6.92 Å². The maximum atomic E-state index is 12.4. The molecule has 0 saturated heterocycles. The minimum atomic E-state index is -0.940. The van der Waals surface area contributed by atoms with Crippen molar-refractivity contribution in [2.24, 2.45) is 5.92 Å². The Morgan fingerprint density at radius 1 is 1.14 bits per heavy atom. The number of rotatable bonds is 6. The SMILES string of the molecule is CSC(OC(C)=O)C(=O)C(NC(=O)OC(C)(C)C)C(C)C. The van der Waals surface area contributed by atoms with Gasteiger partial charge in [0, 0.05) is 6.92 Å². The molecule has 0 aliphatic carbocycles. The van der Waals surface area contributed by atoms with E-state index >= 15 is 0 Å². The standard InChI is InChI=1S/C14H25NO5S/c1-8(2)10(15-13(18)20-14(4,5)6)11(17)12(21-7)19-9(3)16/h8,10,12H,1-7H3,(H,15,18). The third-order valence-electron chi connectivity index (χ3n) is 2.36. The number of alkyl carbamates (subject to hydrolysis) is 1. The molecule has 0 spiro atoms. The zero-order valence-electron chi connectivity index (χ0n) is 13.7. The van der Waals surface area contributed by atoms with E-state index in [9.17, 15) is 14.4 Å². The maximum absolute atomic E-state index is 12.4. The van der Waals surface area contributed by atoms with Crippen molar-refractivity contribution in [1.29, 1.82) is 0 Å². The van der Waals surface area contributed by atoms with Crippen molar-refractivity contribution in [3.63, 3.8) is 0 Å². The second-order valence-corrected chi connectivity index (χ2v) is 6.85. The molecule has 0 aliphatic rings. The lowest BCUT2D eigenvalue weighted by Gasteiger charge is -2.26. The Bertz CT molecular complexity index is 389. The van der Waals surface area contributed by atoms with E-state index in [4.69, 9.17) is 9.47 Å². The first-order chi connectivity index (χ1) is 9.47. The van der Waals surface area contributed by atoms with E-state index in [2.05, 4.69) is 5.32 Å². The van der Waals surface area contributed by atoms with E-state index < -0.39 is 29.1 Å². The number of amides is 1. The highest BCUT2D eigenvalue weighted by atomic mass is 32.2. The van der Waals surface area contributed by atoms with E-state index in [1.807, 2.05) is 0 Å². The van der Waals surface area contributed by atoms with Crippen LogP contribution >= 0.6 is 11.8 Å². The van der Waals surface area contributed by atoms with Crippen molar-refractivity contribution in [2.45, 2.75) is 58.6 Å². The fraction of sp³-hybridized carbons (Fsp3) is 0.786. The Labute approximate surface area is 130 Å². The van der Waals surface area contributed by atoms with Gasteiger partial charge in [-0.15, -0.1) is 11.8 Å². The minimum Gasteiger partial charge on any atom is -0.444 e. The summed E-state index contributed by atoms with van der Waals surface area (Å²) in [5, 5.41) is 2.55. The highest BCUT2D eigenvalue weighted by Gasteiger charge is 2.33. The van der Waals surface area contributed by atoms with Crippen LogP contribution in [0.1, 0.15) is 41.5 Å². The second-order valence-electron chi connectivity index (χ2n) is 5.95. The maximum Gasteiger partial charge on any atom is 0.408 e. The lowest BCUT2D eigenvalue weighted by molar-refractivity contribution is -0.148. The quantitative estimate of drug-likeness (QED) is 0.598. The molecule has 0 aromatic carbocycles. The summed E-state index contributed by atoms with van der Waals surface area (Å²) in [5.74, 6) is -1.06. The minimum absolute atomic E-state index is 0.157. The summed E-state index contributed by atoms with van der Waals surface area (Å²) in [6.45, 7) is 10.0. The van der Waals surface area contributed by atoms with Gasteiger partial charge >= 0.3 is 12.1 Å². The van der Waals surface area contributed by atoms with Crippen LogP contribution in [-0.4, -0.2) is 41.2 Å². The molecule has 0 fully saturated rings. The van der Waals surface area contributed by atoms with Crippen molar-refractivity contribution in [1.82, 2.24) is 5.32 Å². The molecule has 0 heterocycles. The Hall–Kier alpha value is -1.24. The van der Waals surface area contributed by atoms with Gasteiger partial charge < -0.3 is 14.8 Å². The highest BCUT2D eigenvalue weighted by Crippen LogP contribution is 2.17. The predicted octanol–water partition coefficient (Wildman–Crippen LogP) is 2.36. The van der Waals surface area contributed by atoms with Gasteiger partial charge in [-0.1, -0.05) is 13.8 Å². The van der Waals surface area contributed by atoms with Crippen molar-refractivity contribution >= 4 is 29.6 Å². The lowest BCUT2D eigenvalue weighted by atomic mass is 10.0. The van der Waals surface area contributed by atoms with Crippen LogP contribution in [-0.2, 0) is 19.1 Å². The number of carbonyl (C=O) groups excluding carboxylic acids is 3. The number of nitrogens with one attached hydrogen (secondary N) is 1. The molecule has 0 saturated carbocycles. The van der Waals surface area contributed by atoms with Gasteiger partial charge in [0.15, 0.2) is 0 Å². The van der Waals surface area contributed by atoms with Crippen molar-refractivity contribution in [3.05, 3.63) is 0 Å². The van der Waals surface area contributed by atoms with Gasteiger partial charge in [-0.05, 0) is 32.9 Å². The first-order valence-corrected chi connectivity index (χ1v) is 8.00. The molecule has 122 valence electrons. The number of carbonyl (C=O) groups is 3.